The number of aryl methyl sites for hydroxylation is 1. The van der Waals surface area contributed by atoms with E-state index in [0.29, 0.717) is 11.5 Å². The van der Waals surface area contributed by atoms with E-state index in [9.17, 15) is 4.79 Å². The molecule has 0 N–H and O–H groups in total. The zero-order valence-corrected chi connectivity index (χ0v) is 16.9. The summed E-state index contributed by atoms with van der Waals surface area (Å²) in [5, 5.41) is 0. The maximum absolute atomic E-state index is 12.3. The summed E-state index contributed by atoms with van der Waals surface area (Å²) in [5.74, 6) is 0.215. The second kappa shape index (κ2) is 11.1. The van der Waals surface area contributed by atoms with E-state index in [-0.39, 0.29) is 24.5 Å². The minimum absolute atomic E-state index is 0. The van der Waals surface area contributed by atoms with Crippen LogP contribution in [0.5, 0.6) is 0 Å². The van der Waals surface area contributed by atoms with Crippen molar-refractivity contribution in [2.75, 3.05) is 19.6 Å². The molecule has 1 saturated heterocycles. The van der Waals surface area contributed by atoms with Gasteiger partial charge < -0.3 is 9.64 Å². The number of likely N-dealkylation sites (tertiary alicyclic amines) is 1. The van der Waals surface area contributed by atoms with Crippen LogP contribution in [0.1, 0.15) is 42.1 Å². The Labute approximate surface area is 169 Å². The Hall–Kier alpha value is -1.84. The molecule has 0 radical (unpaired) electrons. The van der Waals surface area contributed by atoms with Crippen LogP contribution in [0.2, 0.25) is 0 Å². The van der Waals surface area contributed by atoms with E-state index >= 15 is 0 Å². The van der Waals surface area contributed by atoms with Gasteiger partial charge in [0.1, 0.15) is 6.10 Å². The predicted molar refractivity (Wildman–Crippen MR) is 112 cm³/mol. The van der Waals surface area contributed by atoms with Crippen LogP contribution in [-0.2, 0) is 11.2 Å². The third kappa shape index (κ3) is 6.67. The second-order valence-corrected chi connectivity index (χ2v) is 7.27. The number of carbonyl (C=O) groups excluding carboxylic acids is 1. The normalized spacial score (nSPS) is 18.3. The summed E-state index contributed by atoms with van der Waals surface area (Å²) < 4.78 is 5.73. The maximum atomic E-state index is 12.3. The zero-order chi connectivity index (χ0) is 18.2. The van der Waals surface area contributed by atoms with Gasteiger partial charge in [-0.15, -0.1) is 12.4 Å². The first-order chi connectivity index (χ1) is 12.7. The van der Waals surface area contributed by atoms with E-state index < -0.39 is 0 Å². The molecule has 4 heteroatoms. The number of carbonyl (C=O) groups is 1. The lowest BCUT2D eigenvalue weighted by Gasteiger charge is -2.35. The van der Waals surface area contributed by atoms with Crippen LogP contribution in [0.3, 0.4) is 0 Å². The van der Waals surface area contributed by atoms with Gasteiger partial charge in [-0.2, -0.15) is 0 Å². The van der Waals surface area contributed by atoms with Crippen molar-refractivity contribution >= 4 is 18.4 Å². The van der Waals surface area contributed by atoms with E-state index in [4.69, 9.17) is 4.74 Å². The van der Waals surface area contributed by atoms with Crippen LogP contribution in [0, 0.1) is 5.92 Å². The second-order valence-electron chi connectivity index (χ2n) is 7.27. The van der Waals surface area contributed by atoms with Gasteiger partial charge in [0, 0.05) is 12.5 Å². The number of halogens is 1. The summed E-state index contributed by atoms with van der Waals surface area (Å²) in [6.45, 7) is 5.34. The van der Waals surface area contributed by atoms with Gasteiger partial charge in [0.15, 0.2) is 0 Å². The fraction of sp³-hybridized carbons (Fsp3) is 0.435. The average Bonchev–Trinajstić information content (AvgIpc) is 2.69. The molecule has 1 heterocycles. The molecule has 146 valence electrons. The van der Waals surface area contributed by atoms with Crippen LogP contribution in [0.25, 0.3) is 0 Å². The average molecular weight is 388 g/mol. The third-order valence-electron chi connectivity index (χ3n) is 5.29. The van der Waals surface area contributed by atoms with Crippen molar-refractivity contribution in [3.8, 4) is 0 Å². The maximum Gasteiger partial charge on any atom is 0.338 e. The van der Waals surface area contributed by atoms with Gasteiger partial charge in [-0.05, 0) is 63.4 Å². The van der Waals surface area contributed by atoms with Crippen LogP contribution in [0.15, 0.2) is 60.7 Å². The molecule has 3 rings (SSSR count). The van der Waals surface area contributed by atoms with E-state index in [0.717, 1.165) is 32.5 Å². The van der Waals surface area contributed by atoms with Gasteiger partial charge in [0.25, 0.3) is 0 Å². The number of hydrogen-bond donors (Lipinski definition) is 0. The van der Waals surface area contributed by atoms with Crippen LogP contribution in [0.4, 0.5) is 0 Å². The summed E-state index contributed by atoms with van der Waals surface area (Å²) in [4.78, 5) is 14.8. The summed E-state index contributed by atoms with van der Waals surface area (Å²) in [6, 6.07) is 20.0. The van der Waals surface area contributed by atoms with Crippen molar-refractivity contribution in [2.45, 2.75) is 38.7 Å². The largest absolute Gasteiger partial charge is 0.459 e. The molecule has 2 unspecified atom stereocenters. The van der Waals surface area contributed by atoms with Gasteiger partial charge in [0.05, 0.1) is 5.56 Å². The molecule has 0 bridgehead atoms. The molecule has 27 heavy (non-hydrogen) atoms. The molecule has 0 aromatic heterocycles. The SMILES string of the molecule is CC(OC(=O)c1ccccc1)C1CCCN(CCCc2ccccc2)C1.Cl. The molecule has 1 aliphatic rings. The van der Waals surface area contributed by atoms with Crippen LogP contribution < -0.4 is 0 Å². The highest BCUT2D eigenvalue weighted by molar-refractivity contribution is 5.89. The van der Waals surface area contributed by atoms with Crippen molar-refractivity contribution < 1.29 is 9.53 Å². The highest BCUT2D eigenvalue weighted by Gasteiger charge is 2.27. The molecule has 0 saturated carbocycles. The number of nitrogens with zero attached hydrogens (tertiary/aromatic N) is 1. The highest BCUT2D eigenvalue weighted by Crippen LogP contribution is 2.23. The Bertz CT molecular complexity index is 677. The molecule has 1 aliphatic heterocycles. The van der Waals surface area contributed by atoms with Gasteiger partial charge in [0.2, 0.25) is 0 Å². The van der Waals surface area contributed by atoms with Gasteiger partial charge in [-0.1, -0.05) is 48.5 Å². The molecule has 2 aromatic carbocycles. The summed E-state index contributed by atoms with van der Waals surface area (Å²) in [7, 11) is 0. The molecule has 3 nitrogen and oxygen atoms in total. The first-order valence-electron chi connectivity index (χ1n) is 9.74. The molecule has 0 aliphatic carbocycles. The molecular formula is C23H30ClNO2. The number of hydrogen-bond acceptors (Lipinski definition) is 3. The van der Waals surface area contributed by atoms with E-state index in [1.165, 1.54) is 18.4 Å². The van der Waals surface area contributed by atoms with Crippen molar-refractivity contribution in [2.24, 2.45) is 5.92 Å². The first kappa shape index (κ1) is 21.5. The fourth-order valence-electron chi connectivity index (χ4n) is 3.74. The summed E-state index contributed by atoms with van der Waals surface area (Å²) in [6.07, 6.45) is 4.58. The smallest absolute Gasteiger partial charge is 0.338 e. The predicted octanol–water partition coefficient (Wildman–Crippen LogP) is 5.00. The Morgan fingerprint density at radius 2 is 1.78 bits per heavy atom. The third-order valence-corrected chi connectivity index (χ3v) is 5.29. The Kier molecular flexibility index (Phi) is 8.83. The highest BCUT2D eigenvalue weighted by atomic mass is 35.5. The minimum atomic E-state index is -0.209. The molecule has 0 spiro atoms. The van der Waals surface area contributed by atoms with Gasteiger partial charge >= 0.3 is 5.97 Å². The quantitative estimate of drug-likeness (QED) is 0.626. The van der Waals surface area contributed by atoms with Crippen molar-refractivity contribution in [1.29, 1.82) is 0 Å². The van der Waals surface area contributed by atoms with Crippen LogP contribution in [-0.4, -0.2) is 36.6 Å². The zero-order valence-electron chi connectivity index (χ0n) is 16.0. The Morgan fingerprint density at radius 3 is 2.48 bits per heavy atom. The standard InChI is InChI=1S/C23H29NO2.ClH/c1-19(26-23(25)21-13-6-3-7-14-21)22-15-9-17-24(18-22)16-8-12-20-10-4-2-5-11-20;/h2-7,10-11,13-14,19,22H,8-9,12,15-18H2,1H3;1H. The first-order valence-corrected chi connectivity index (χ1v) is 9.74. The number of piperidine rings is 1. The molecule has 2 aromatic rings. The van der Waals surface area contributed by atoms with Crippen LogP contribution >= 0.6 is 12.4 Å². The molecule has 0 amide bonds. The van der Waals surface area contributed by atoms with E-state index in [1.54, 1.807) is 0 Å². The van der Waals surface area contributed by atoms with Gasteiger partial charge in [-0.3, -0.25) is 0 Å². The number of ether oxygens (including phenoxy) is 1. The summed E-state index contributed by atoms with van der Waals surface area (Å²) >= 11 is 0. The number of esters is 1. The number of rotatable bonds is 7. The minimum Gasteiger partial charge on any atom is -0.459 e. The van der Waals surface area contributed by atoms with E-state index in [1.807, 2.05) is 37.3 Å². The molecular weight excluding hydrogens is 358 g/mol. The monoisotopic (exact) mass is 387 g/mol. The van der Waals surface area contributed by atoms with Gasteiger partial charge in [-0.25, -0.2) is 4.79 Å². The molecule has 1 fully saturated rings. The lowest BCUT2D eigenvalue weighted by atomic mass is 9.93. The molecule has 2 atom stereocenters. The Balaban J connectivity index is 0.00000261. The van der Waals surface area contributed by atoms with E-state index in [2.05, 4.69) is 35.2 Å². The van der Waals surface area contributed by atoms with Crippen molar-refractivity contribution in [3.63, 3.8) is 0 Å². The lowest BCUT2D eigenvalue weighted by molar-refractivity contribution is 0.00528. The van der Waals surface area contributed by atoms with Crippen molar-refractivity contribution in [3.05, 3.63) is 71.8 Å². The lowest BCUT2D eigenvalue weighted by Crippen LogP contribution is -2.41. The number of benzene rings is 2. The van der Waals surface area contributed by atoms with Crippen molar-refractivity contribution in [1.82, 2.24) is 4.90 Å². The topological polar surface area (TPSA) is 29.5 Å². The summed E-state index contributed by atoms with van der Waals surface area (Å²) in [5.41, 5.74) is 2.04. The Morgan fingerprint density at radius 1 is 1.11 bits per heavy atom. The fourth-order valence-corrected chi connectivity index (χ4v) is 3.74.